The van der Waals surface area contributed by atoms with Crippen molar-refractivity contribution in [2.24, 2.45) is 5.92 Å². The first-order chi connectivity index (χ1) is 10.3. The molecule has 0 spiro atoms. The molecule has 108 valence electrons. The van der Waals surface area contributed by atoms with Gasteiger partial charge in [-0.2, -0.15) is 0 Å². The minimum Gasteiger partial charge on any atom is -0.496 e. The number of rotatable bonds is 4. The number of halogens is 1. The van der Waals surface area contributed by atoms with E-state index in [1.54, 1.807) is 13.2 Å². The zero-order chi connectivity index (χ0) is 14.4. The third-order valence-corrected chi connectivity index (χ3v) is 4.82. The molecular weight excluding hydrogens is 265 g/mol. The van der Waals surface area contributed by atoms with Gasteiger partial charge in [0.15, 0.2) is 0 Å². The van der Waals surface area contributed by atoms with Gasteiger partial charge < -0.3 is 10.1 Å². The molecule has 3 unspecified atom stereocenters. The van der Waals surface area contributed by atoms with Crippen molar-refractivity contribution < 1.29 is 9.13 Å². The van der Waals surface area contributed by atoms with Crippen LogP contribution in [0.3, 0.4) is 0 Å². The Hall–Kier alpha value is -1.87. The van der Waals surface area contributed by atoms with Gasteiger partial charge in [0.2, 0.25) is 0 Å². The van der Waals surface area contributed by atoms with Crippen molar-refractivity contribution in [2.75, 3.05) is 7.11 Å². The summed E-state index contributed by atoms with van der Waals surface area (Å²) in [4.78, 5) is 0. The highest BCUT2D eigenvalue weighted by Crippen LogP contribution is 2.56. The van der Waals surface area contributed by atoms with E-state index in [-0.39, 0.29) is 5.82 Å². The van der Waals surface area contributed by atoms with Crippen LogP contribution in [-0.2, 0) is 13.0 Å². The first kappa shape index (κ1) is 12.8. The summed E-state index contributed by atoms with van der Waals surface area (Å²) >= 11 is 0. The summed E-state index contributed by atoms with van der Waals surface area (Å²) < 4.78 is 18.4. The Morgan fingerprint density at radius 2 is 2.10 bits per heavy atom. The van der Waals surface area contributed by atoms with Gasteiger partial charge in [0.1, 0.15) is 11.6 Å². The Balaban J connectivity index is 1.44. The van der Waals surface area contributed by atoms with Gasteiger partial charge in [-0.3, -0.25) is 0 Å². The lowest BCUT2D eigenvalue weighted by Crippen LogP contribution is -2.21. The highest BCUT2D eigenvalue weighted by atomic mass is 19.1. The van der Waals surface area contributed by atoms with Crippen molar-refractivity contribution in [1.29, 1.82) is 0 Å². The Morgan fingerprint density at radius 3 is 2.95 bits per heavy atom. The third kappa shape index (κ3) is 2.12. The third-order valence-electron chi connectivity index (χ3n) is 4.82. The van der Waals surface area contributed by atoms with E-state index in [1.165, 1.54) is 29.7 Å². The largest absolute Gasteiger partial charge is 0.496 e. The fraction of sp³-hybridized carbons (Fsp3) is 0.333. The first-order valence-corrected chi connectivity index (χ1v) is 7.41. The molecule has 4 rings (SSSR count). The second-order valence-electron chi connectivity index (χ2n) is 5.96. The van der Waals surface area contributed by atoms with Crippen molar-refractivity contribution in [3.8, 4) is 5.75 Å². The molecule has 0 heterocycles. The molecule has 2 aromatic carbocycles. The summed E-state index contributed by atoms with van der Waals surface area (Å²) in [6.45, 7) is 0.725. The number of hydrogen-bond acceptors (Lipinski definition) is 2. The fourth-order valence-electron chi connectivity index (χ4n) is 3.72. The highest BCUT2D eigenvalue weighted by molar-refractivity contribution is 5.45. The van der Waals surface area contributed by atoms with Gasteiger partial charge in [0.05, 0.1) is 7.11 Å². The molecule has 21 heavy (non-hydrogen) atoms. The maximum atomic E-state index is 13.2. The van der Waals surface area contributed by atoms with Crippen LogP contribution in [-0.4, -0.2) is 13.2 Å². The van der Waals surface area contributed by atoms with Crippen LogP contribution in [0.2, 0.25) is 0 Å². The lowest BCUT2D eigenvalue weighted by atomic mass is 10.1. The van der Waals surface area contributed by atoms with E-state index in [0.717, 1.165) is 18.0 Å². The van der Waals surface area contributed by atoms with E-state index in [2.05, 4.69) is 29.6 Å². The Morgan fingerprint density at radius 1 is 1.24 bits per heavy atom. The summed E-state index contributed by atoms with van der Waals surface area (Å²) in [6, 6.07) is 14.0. The molecule has 1 saturated carbocycles. The summed E-state index contributed by atoms with van der Waals surface area (Å²) in [5.41, 5.74) is 4.02. The van der Waals surface area contributed by atoms with Crippen LogP contribution >= 0.6 is 0 Å². The van der Waals surface area contributed by atoms with Crippen molar-refractivity contribution in [1.82, 2.24) is 5.32 Å². The number of benzene rings is 2. The van der Waals surface area contributed by atoms with Gasteiger partial charge >= 0.3 is 0 Å². The van der Waals surface area contributed by atoms with Crippen molar-refractivity contribution in [3.05, 3.63) is 65.0 Å². The van der Waals surface area contributed by atoms with Gasteiger partial charge in [0, 0.05) is 30.1 Å². The molecular formula is C18H18FNO. The van der Waals surface area contributed by atoms with Crippen LogP contribution in [0.15, 0.2) is 42.5 Å². The number of methoxy groups -OCH3 is 1. The topological polar surface area (TPSA) is 21.3 Å². The van der Waals surface area contributed by atoms with Crippen LogP contribution in [0, 0.1) is 11.7 Å². The molecule has 1 N–H and O–H groups in total. The number of ether oxygens (including phenoxy) is 1. The predicted octanol–water partition coefficient (Wildman–Crippen LogP) is 3.26. The Bertz CT molecular complexity index is 685. The lowest BCUT2D eigenvalue weighted by molar-refractivity contribution is 0.403. The molecule has 0 saturated heterocycles. The normalized spacial score (nSPS) is 25.3. The van der Waals surface area contributed by atoms with Crippen LogP contribution in [0.4, 0.5) is 4.39 Å². The molecule has 0 amide bonds. The van der Waals surface area contributed by atoms with E-state index in [0.29, 0.717) is 17.7 Å². The van der Waals surface area contributed by atoms with Crippen LogP contribution in [0.5, 0.6) is 5.75 Å². The van der Waals surface area contributed by atoms with Gasteiger partial charge in [0.25, 0.3) is 0 Å². The molecule has 2 aliphatic rings. The average molecular weight is 283 g/mol. The van der Waals surface area contributed by atoms with E-state index >= 15 is 0 Å². The standard InChI is InChI=1S/C18H18FNO/c1-21-16-9-13(19)7-6-12(16)10-20-18-15-8-11-4-2-3-5-14(11)17(15)18/h2-7,9,15,17-18,20H,8,10H2,1H3. The van der Waals surface area contributed by atoms with E-state index in [4.69, 9.17) is 4.74 Å². The smallest absolute Gasteiger partial charge is 0.126 e. The van der Waals surface area contributed by atoms with E-state index < -0.39 is 0 Å². The van der Waals surface area contributed by atoms with Crippen LogP contribution in [0.25, 0.3) is 0 Å². The summed E-state index contributed by atoms with van der Waals surface area (Å²) in [7, 11) is 1.58. The second kappa shape index (κ2) is 4.85. The van der Waals surface area contributed by atoms with E-state index in [9.17, 15) is 4.39 Å². The molecule has 2 aromatic rings. The molecule has 2 aliphatic carbocycles. The van der Waals surface area contributed by atoms with Crippen molar-refractivity contribution >= 4 is 0 Å². The zero-order valence-electron chi connectivity index (χ0n) is 12.0. The number of hydrogen-bond donors (Lipinski definition) is 1. The quantitative estimate of drug-likeness (QED) is 0.930. The first-order valence-electron chi connectivity index (χ1n) is 7.41. The monoisotopic (exact) mass is 283 g/mol. The SMILES string of the molecule is COc1cc(F)ccc1CNC1C2Cc3ccccc3C21. The minimum absolute atomic E-state index is 0.257. The molecule has 0 bridgehead atoms. The minimum atomic E-state index is -0.257. The number of nitrogens with one attached hydrogen (secondary N) is 1. The summed E-state index contributed by atoms with van der Waals surface area (Å²) in [6.07, 6.45) is 1.18. The Kier molecular flexibility index (Phi) is 2.96. The molecule has 3 heteroatoms. The highest BCUT2D eigenvalue weighted by Gasteiger charge is 2.55. The molecule has 0 aliphatic heterocycles. The van der Waals surface area contributed by atoms with Crippen molar-refractivity contribution in [3.63, 3.8) is 0 Å². The van der Waals surface area contributed by atoms with Gasteiger partial charge in [-0.1, -0.05) is 30.3 Å². The van der Waals surface area contributed by atoms with Crippen LogP contribution < -0.4 is 10.1 Å². The van der Waals surface area contributed by atoms with Gasteiger partial charge in [-0.05, 0) is 29.5 Å². The summed E-state index contributed by atoms with van der Waals surface area (Å²) in [5, 5.41) is 3.61. The number of fused-ring (bicyclic) bond motifs is 3. The molecule has 3 atom stereocenters. The molecule has 1 fully saturated rings. The Labute approximate surface area is 123 Å². The lowest BCUT2D eigenvalue weighted by Gasteiger charge is -2.12. The fourth-order valence-corrected chi connectivity index (χ4v) is 3.72. The van der Waals surface area contributed by atoms with Crippen LogP contribution in [0.1, 0.15) is 22.6 Å². The van der Waals surface area contributed by atoms with Gasteiger partial charge in [-0.25, -0.2) is 4.39 Å². The second-order valence-corrected chi connectivity index (χ2v) is 5.96. The average Bonchev–Trinajstić information content (AvgIpc) is 3.04. The molecule has 0 aromatic heterocycles. The van der Waals surface area contributed by atoms with Crippen molar-refractivity contribution in [2.45, 2.75) is 24.9 Å². The predicted molar refractivity (Wildman–Crippen MR) is 80.0 cm³/mol. The zero-order valence-corrected chi connectivity index (χ0v) is 12.0. The van der Waals surface area contributed by atoms with E-state index in [1.807, 2.05) is 0 Å². The molecule has 0 radical (unpaired) electrons. The maximum absolute atomic E-state index is 13.2. The maximum Gasteiger partial charge on any atom is 0.126 e. The summed E-state index contributed by atoms with van der Waals surface area (Å²) in [5.74, 6) is 1.75. The van der Waals surface area contributed by atoms with Gasteiger partial charge in [-0.15, -0.1) is 0 Å². The molecule has 2 nitrogen and oxygen atoms in total.